The molecular formula is H5P7S3. The minimum atomic E-state index is 0.185. The number of hydrogen-bond donors (Lipinski definition) is 0. The monoisotopic (exact) mass is 318 g/mol. The van der Waals surface area contributed by atoms with Gasteiger partial charge in [0, 0.05) is 28.1 Å². The predicted octanol–water partition coefficient (Wildman–Crippen LogP) is 4.68. The van der Waals surface area contributed by atoms with Crippen molar-refractivity contribution in [1.82, 2.24) is 0 Å². The fourth-order valence-corrected chi connectivity index (χ4v) is 25.0. The Labute approximate surface area is 84.2 Å². The molecule has 0 radical (unpaired) electrons. The Morgan fingerprint density at radius 1 is 1.50 bits per heavy atom. The molecule has 0 aromatic heterocycles. The molecule has 0 fully saturated rings. The van der Waals surface area contributed by atoms with Crippen molar-refractivity contribution in [1.29, 1.82) is 0 Å². The molecule has 4 atom stereocenters. The summed E-state index contributed by atoms with van der Waals surface area (Å²) in [6.07, 6.45) is 0. The molecule has 0 aromatic rings. The second kappa shape index (κ2) is 10.4. The van der Waals surface area contributed by atoms with Crippen LogP contribution in [0.2, 0.25) is 0 Å². The van der Waals surface area contributed by atoms with Crippen molar-refractivity contribution in [3.05, 3.63) is 0 Å². The average molecular weight is 318 g/mol. The number of hydrogen-bond acceptors (Lipinski definition) is 1. The highest BCUT2D eigenvalue weighted by atomic mass is 33.1. The first-order valence-electron chi connectivity index (χ1n) is 1.88. The summed E-state index contributed by atoms with van der Waals surface area (Å²) in [5, 5.41) is 0. The van der Waals surface area contributed by atoms with E-state index in [2.05, 4.69) is 17.9 Å². The van der Waals surface area contributed by atoms with Crippen molar-refractivity contribution in [3.8, 4) is 0 Å². The van der Waals surface area contributed by atoms with Crippen molar-refractivity contribution < 1.29 is 0 Å². The van der Waals surface area contributed by atoms with Gasteiger partial charge >= 0.3 is 0 Å². The highest BCUT2D eigenvalue weighted by Gasteiger charge is 1.87. The van der Waals surface area contributed by atoms with E-state index in [-0.39, 0.29) is 6.99 Å². The van der Waals surface area contributed by atoms with E-state index in [9.17, 15) is 0 Å². The van der Waals surface area contributed by atoms with Crippen LogP contribution >= 0.6 is 53.9 Å². The van der Waals surface area contributed by atoms with Crippen molar-refractivity contribution in [3.63, 3.8) is 0 Å². The SMILES string of the molecule is PPP(P)P=S=S=PP=S. The van der Waals surface area contributed by atoms with Gasteiger partial charge in [0.1, 0.15) is 0 Å². The largest absolute Gasteiger partial charge is 0.109 e. The first-order valence-corrected chi connectivity index (χ1v) is 17.0. The van der Waals surface area contributed by atoms with Crippen LogP contribution in [0.5, 0.6) is 0 Å². The summed E-state index contributed by atoms with van der Waals surface area (Å²) in [4.78, 5) is 0. The molecular weight excluding hydrogens is 313 g/mol. The van der Waals surface area contributed by atoms with Gasteiger partial charge < -0.3 is 0 Å². The topological polar surface area (TPSA) is 0 Å². The van der Waals surface area contributed by atoms with E-state index in [0.29, 0.717) is 0 Å². The minimum absolute atomic E-state index is 0.185. The molecule has 0 N–H and O–H groups in total. The molecule has 0 aliphatic carbocycles. The molecule has 0 aromatic carbocycles. The van der Waals surface area contributed by atoms with Gasteiger partial charge in [-0.3, -0.25) is 0 Å². The van der Waals surface area contributed by atoms with Crippen LogP contribution in [0.4, 0.5) is 0 Å². The first kappa shape index (κ1) is 13.3. The third kappa shape index (κ3) is 9.37. The Kier molecular flexibility index (Phi) is 13.8. The molecule has 4 unspecified atom stereocenters. The van der Waals surface area contributed by atoms with Crippen LogP contribution in [0.3, 0.4) is 0 Å². The molecule has 0 saturated heterocycles. The van der Waals surface area contributed by atoms with Gasteiger partial charge in [-0.2, -0.15) is 0 Å². The molecule has 0 heterocycles. The van der Waals surface area contributed by atoms with Gasteiger partial charge in [0.2, 0.25) is 0 Å². The summed E-state index contributed by atoms with van der Waals surface area (Å²) in [6.45, 7) is 0.185. The molecule has 0 amide bonds. The lowest BCUT2D eigenvalue weighted by Gasteiger charge is -1.92. The zero-order valence-electron chi connectivity index (χ0n) is 4.67. The van der Waals surface area contributed by atoms with Gasteiger partial charge in [0.15, 0.2) is 0 Å². The lowest BCUT2D eigenvalue weighted by atomic mass is 29.1. The maximum atomic E-state index is 4.78. The van der Waals surface area contributed by atoms with Crippen molar-refractivity contribution in [2.24, 2.45) is 0 Å². The van der Waals surface area contributed by atoms with Gasteiger partial charge in [-0.15, -0.1) is 8.93 Å². The van der Waals surface area contributed by atoms with Crippen LogP contribution < -0.4 is 0 Å². The Morgan fingerprint density at radius 2 is 2.20 bits per heavy atom. The second-order valence-corrected chi connectivity index (χ2v) is 23.4. The van der Waals surface area contributed by atoms with Crippen molar-refractivity contribution in [2.75, 3.05) is 0 Å². The van der Waals surface area contributed by atoms with E-state index in [1.54, 1.807) is 0 Å². The Hall–Kier alpha value is 3.28. The quantitative estimate of drug-likeness (QED) is 0.681. The van der Waals surface area contributed by atoms with Crippen molar-refractivity contribution >= 4 is 84.7 Å². The standard InChI is InChI=1S/H5P7S3/c1-3-7(2)6-10-9-5-4-8/h3H,1-2H2. The van der Waals surface area contributed by atoms with E-state index in [4.69, 9.17) is 11.8 Å². The van der Waals surface area contributed by atoms with Crippen LogP contribution in [0, 0.1) is 0 Å². The van der Waals surface area contributed by atoms with E-state index >= 15 is 0 Å². The third-order valence-corrected chi connectivity index (χ3v) is 28.6. The first-order chi connectivity index (χ1) is 4.81. The molecule has 0 rings (SSSR count). The van der Waals surface area contributed by atoms with Gasteiger partial charge in [-0.05, 0) is 21.3 Å². The van der Waals surface area contributed by atoms with E-state index in [1.807, 2.05) is 19.0 Å². The second-order valence-electron chi connectivity index (χ2n) is 0.868. The molecule has 0 aliphatic heterocycles. The highest BCUT2D eigenvalue weighted by Crippen LogP contribution is 2.74. The number of rotatable bonds is 3. The summed E-state index contributed by atoms with van der Waals surface area (Å²) in [5.74, 6) is 0. The van der Waals surface area contributed by atoms with Gasteiger partial charge in [0.25, 0.3) is 0 Å². The van der Waals surface area contributed by atoms with Crippen LogP contribution in [0.15, 0.2) is 0 Å². The molecule has 0 bridgehead atoms. The van der Waals surface area contributed by atoms with Gasteiger partial charge in [-0.1, -0.05) is 26.4 Å². The van der Waals surface area contributed by atoms with Crippen LogP contribution in [-0.2, 0) is 30.8 Å². The summed E-state index contributed by atoms with van der Waals surface area (Å²) < 4.78 is 0. The maximum Gasteiger partial charge on any atom is 0.0464 e. The molecule has 58 valence electrons. The molecule has 0 spiro atoms. The van der Waals surface area contributed by atoms with E-state index in [1.165, 1.54) is 14.1 Å². The Balaban J connectivity index is 3.96. The summed E-state index contributed by atoms with van der Waals surface area (Å²) >= 11 is 4.78. The molecule has 0 saturated carbocycles. The fourth-order valence-electron chi connectivity index (χ4n) is 0.103. The fraction of sp³-hybridized carbons (Fsp3) is 0. The lowest BCUT2D eigenvalue weighted by molar-refractivity contribution is 5.04. The smallest absolute Gasteiger partial charge is 0.0464 e. The maximum absolute atomic E-state index is 4.78. The zero-order chi connectivity index (χ0) is 7.82. The average Bonchev–Trinajstić information content (AvgIpc) is 1.98. The highest BCUT2D eigenvalue weighted by molar-refractivity contribution is 8.85. The Bertz CT molecular complexity index is 183. The van der Waals surface area contributed by atoms with Gasteiger partial charge in [0.05, 0.1) is 0 Å². The summed E-state index contributed by atoms with van der Waals surface area (Å²) in [6, 6.07) is 0. The van der Waals surface area contributed by atoms with E-state index < -0.39 is 0 Å². The summed E-state index contributed by atoms with van der Waals surface area (Å²) in [7, 11) is 14.3. The lowest BCUT2D eigenvalue weighted by Crippen LogP contribution is -1.17. The molecule has 10 heteroatoms. The predicted molar refractivity (Wildman–Crippen MR) is 77.5 cm³/mol. The third-order valence-electron chi connectivity index (χ3n) is 0.354. The van der Waals surface area contributed by atoms with Crippen LogP contribution in [0.25, 0.3) is 0 Å². The van der Waals surface area contributed by atoms with Crippen LogP contribution in [-0.4, -0.2) is 0 Å². The van der Waals surface area contributed by atoms with Crippen LogP contribution in [0.1, 0.15) is 0 Å². The minimum Gasteiger partial charge on any atom is -0.109 e. The van der Waals surface area contributed by atoms with E-state index in [0.717, 1.165) is 15.0 Å². The van der Waals surface area contributed by atoms with Gasteiger partial charge in [-0.25, -0.2) is 0 Å². The molecule has 0 aliphatic rings. The normalized spacial score (nSPS) is 15.0. The zero-order valence-corrected chi connectivity index (χ0v) is 14.0. The molecule has 10 heavy (non-hydrogen) atoms. The summed E-state index contributed by atoms with van der Waals surface area (Å²) in [5.41, 5.74) is 0. The Morgan fingerprint density at radius 3 is 2.70 bits per heavy atom. The van der Waals surface area contributed by atoms with Crippen molar-refractivity contribution in [2.45, 2.75) is 0 Å². The molecule has 0 nitrogen and oxygen atoms in total.